The number of carbonyl (C=O) groups is 1. The molecule has 0 spiro atoms. The Morgan fingerprint density at radius 1 is 0.914 bits per heavy atom. The van der Waals surface area contributed by atoms with Gasteiger partial charge < -0.3 is 14.8 Å². The molecule has 0 atom stereocenters. The van der Waals surface area contributed by atoms with E-state index in [0.717, 1.165) is 10.1 Å². The van der Waals surface area contributed by atoms with E-state index in [1.807, 2.05) is 11.0 Å². The molecule has 1 saturated heterocycles. The van der Waals surface area contributed by atoms with E-state index in [-0.39, 0.29) is 11.4 Å². The standard InChI is InChI=1S/C25H21FN6O3/c26-18-8-6-17(7-9-18)21-14-22(29-16-28-21)30-10-12-31(13-11-30)23(33)20-15-27-25(35)32(24(20)34)19-4-2-1-3-5-19/h1-9,14-16H,10-13H2,(H,27,35). The summed E-state index contributed by atoms with van der Waals surface area (Å²) < 4.78 is 14.2. The number of hydrogen-bond donors (Lipinski definition) is 1. The summed E-state index contributed by atoms with van der Waals surface area (Å²) in [5, 5.41) is 0. The monoisotopic (exact) mass is 472 g/mol. The topological polar surface area (TPSA) is 104 Å². The molecule has 1 N–H and O–H groups in total. The molecule has 0 unspecified atom stereocenters. The van der Waals surface area contributed by atoms with Crippen LogP contribution in [-0.4, -0.2) is 56.5 Å². The minimum absolute atomic E-state index is 0.0949. The van der Waals surface area contributed by atoms with Gasteiger partial charge in [0.25, 0.3) is 11.5 Å². The van der Waals surface area contributed by atoms with Crippen LogP contribution in [0, 0.1) is 5.82 Å². The van der Waals surface area contributed by atoms with E-state index in [9.17, 15) is 18.8 Å². The first-order valence-electron chi connectivity index (χ1n) is 11.0. The molecule has 0 saturated carbocycles. The lowest BCUT2D eigenvalue weighted by Gasteiger charge is -2.35. The maximum atomic E-state index is 13.2. The highest BCUT2D eigenvalue weighted by atomic mass is 19.1. The Balaban J connectivity index is 1.32. The van der Waals surface area contributed by atoms with E-state index in [0.29, 0.717) is 43.4 Å². The number of para-hydroxylation sites is 1. The summed E-state index contributed by atoms with van der Waals surface area (Å²) >= 11 is 0. The van der Waals surface area contributed by atoms with Gasteiger partial charge in [-0.15, -0.1) is 0 Å². The second kappa shape index (κ2) is 9.34. The average Bonchev–Trinajstić information content (AvgIpc) is 2.90. The lowest BCUT2D eigenvalue weighted by atomic mass is 10.1. The maximum Gasteiger partial charge on any atom is 0.333 e. The van der Waals surface area contributed by atoms with Gasteiger partial charge in [-0.3, -0.25) is 9.59 Å². The van der Waals surface area contributed by atoms with Gasteiger partial charge in [0.15, 0.2) is 0 Å². The summed E-state index contributed by atoms with van der Waals surface area (Å²) in [5.74, 6) is -0.0611. The summed E-state index contributed by atoms with van der Waals surface area (Å²) in [6.45, 7) is 1.75. The van der Waals surface area contributed by atoms with Crippen molar-refractivity contribution in [2.24, 2.45) is 0 Å². The van der Waals surface area contributed by atoms with Crippen LogP contribution < -0.4 is 16.1 Å². The van der Waals surface area contributed by atoms with Crippen molar-refractivity contribution in [2.45, 2.75) is 0 Å². The smallest absolute Gasteiger partial charge is 0.333 e. The Hall–Kier alpha value is -4.60. The number of anilines is 1. The minimum Gasteiger partial charge on any atom is -0.353 e. The van der Waals surface area contributed by atoms with Crippen LogP contribution in [0.15, 0.2) is 82.8 Å². The van der Waals surface area contributed by atoms with Gasteiger partial charge in [0.05, 0.1) is 11.4 Å². The number of aromatic amines is 1. The fraction of sp³-hybridized carbons (Fsp3) is 0.160. The van der Waals surface area contributed by atoms with Crippen molar-refractivity contribution in [1.82, 2.24) is 24.4 Å². The van der Waals surface area contributed by atoms with Gasteiger partial charge in [-0.2, -0.15) is 0 Å². The van der Waals surface area contributed by atoms with E-state index < -0.39 is 17.2 Å². The predicted octanol–water partition coefficient (Wildman–Crippen LogP) is 2.08. The van der Waals surface area contributed by atoms with Crippen molar-refractivity contribution < 1.29 is 9.18 Å². The quantitative estimate of drug-likeness (QED) is 0.488. The molecule has 35 heavy (non-hydrogen) atoms. The SMILES string of the molecule is O=C(c1c[nH]c(=O)n(-c2ccccc2)c1=O)N1CCN(c2cc(-c3ccc(F)cc3)ncn2)CC1. The van der Waals surface area contributed by atoms with Crippen LogP contribution in [0.3, 0.4) is 0 Å². The van der Waals surface area contributed by atoms with Crippen molar-refractivity contribution in [1.29, 1.82) is 0 Å². The molecule has 1 amide bonds. The van der Waals surface area contributed by atoms with Crippen molar-refractivity contribution in [3.8, 4) is 16.9 Å². The number of halogens is 1. The molecule has 0 bridgehead atoms. The van der Waals surface area contributed by atoms with Crippen LogP contribution in [0.1, 0.15) is 10.4 Å². The molecule has 2 aromatic heterocycles. The normalized spacial score (nSPS) is 13.6. The molecule has 4 aromatic rings. The van der Waals surface area contributed by atoms with E-state index in [1.54, 1.807) is 47.4 Å². The molecule has 9 nitrogen and oxygen atoms in total. The zero-order valence-electron chi connectivity index (χ0n) is 18.6. The Morgan fingerprint density at radius 3 is 2.34 bits per heavy atom. The van der Waals surface area contributed by atoms with Crippen LogP contribution >= 0.6 is 0 Å². The van der Waals surface area contributed by atoms with Crippen LogP contribution in [0.4, 0.5) is 10.2 Å². The number of benzene rings is 2. The number of carbonyl (C=O) groups excluding carboxylic acids is 1. The Labute approximate surface area is 199 Å². The molecule has 1 fully saturated rings. The average molecular weight is 472 g/mol. The number of nitrogens with one attached hydrogen (secondary N) is 1. The number of nitrogens with zero attached hydrogens (tertiary/aromatic N) is 5. The number of H-pyrrole nitrogens is 1. The van der Waals surface area contributed by atoms with Crippen molar-refractivity contribution in [3.63, 3.8) is 0 Å². The zero-order valence-corrected chi connectivity index (χ0v) is 18.6. The van der Waals surface area contributed by atoms with Gasteiger partial charge in [-0.1, -0.05) is 18.2 Å². The van der Waals surface area contributed by atoms with Crippen LogP contribution in [0.5, 0.6) is 0 Å². The lowest BCUT2D eigenvalue weighted by molar-refractivity contribution is 0.0743. The van der Waals surface area contributed by atoms with Gasteiger partial charge in [0, 0.05) is 44.0 Å². The van der Waals surface area contributed by atoms with Crippen molar-refractivity contribution in [3.05, 3.63) is 105 Å². The molecule has 176 valence electrons. The highest BCUT2D eigenvalue weighted by molar-refractivity contribution is 5.93. The van der Waals surface area contributed by atoms with Crippen LogP contribution in [0.2, 0.25) is 0 Å². The molecule has 1 aliphatic rings. The van der Waals surface area contributed by atoms with Crippen LogP contribution in [0.25, 0.3) is 16.9 Å². The van der Waals surface area contributed by atoms with Gasteiger partial charge >= 0.3 is 5.69 Å². The second-order valence-corrected chi connectivity index (χ2v) is 8.03. The van der Waals surface area contributed by atoms with Gasteiger partial charge in [0.1, 0.15) is 23.5 Å². The Morgan fingerprint density at radius 2 is 1.63 bits per heavy atom. The summed E-state index contributed by atoms with van der Waals surface area (Å²) in [7, 11) is 0. The summed E-state index contributed by atoms with van der Waals surface area (Å²) in [6.07, 6.45) is 2.64. The van der Waals surface area contributed by atoms with E-state index >= 15 is 0 Å². The zero-order chi connectivity index (χ0) is 24.4. The highest BCUT2D eigenvalue weighted by Crippen LogP contribution is 2.22. The molecule has 10 heteroatoms. The van der Waals surface area contributed by atoms with Crippen molar-refractivity contribution in [2.75, 3.05) is 31.1 Å². The fourth-order valence-corrected chi connectivity index (χ4v) is 4.05. The van der Waals surface area contributed by atoms with Gasteiger partial charge in [-0.25, -0.2) is 23.7 Å². The van der Waals surface area contributed by atoms with E-state index in [1.165, 1.54) is 24.7 Å². The molecular weight excluding hydrogens is 451 g/mol. The fourth-order valence-electron chi connectivity index (χ4n) is 4.05. The molecule has 0 radical (unpaired) electrons. The molecule has 3 heterocycles. The third-order valence-corrected chi connectivity index (χ3v) is 5.90. The summed E-state index contributed by atoms with van der Waals surface area (Å²) in [5.41, 5.74) is 0.469. The highest BCUT2D eigenvalue weighted by Gasteiger charge is 2.26. The Kier molecular flexibility index (Phi) is 5.92. The largest absolute Gasteiger partial charge is 0.353 e. The predicted molar refractivity (Wildman–Crippen MR) is 128 cm³/mol. The minimum atomic E-state index is -0.660. The third kappa shape index (κ3) is 4.45. The summed E-state index contributed by atoms with van der Waals surface area (Å²) in [4.78, 5) is 53.2. The Bertz CT molecular complexity index is 1480. The second-order valence-electron chi connectivity index (χ2n) is 8.03. The summed E-state index contributed by atoms with van der Waals surface area (Å²) in [6, 6.07) is 16.4. The van der Waals surface area contributed by atoms with Gasteiger partial charge in [-0.05, 0) is 36.4 Å². The molecule has 1 aliphatic heterocycles. The number of amides is 1. The van der Waals surface area contributed by atoms with E-state index in [4.69, 9.17) is 0 Å². The third-order valence-electron chi connectivity index (χ3n) is 5.90. The number of hydrogen-bond acceptors (Lipinski definition) is 6. The first-order chi connectivity index (χ1) is 17.0. The first-order valence-corrected chi connectivity index (χ1v) is 11.0. The van der Waals surface area contributed by atoms with Crippen molar-refractivity contribution >= 4 is 11.7 Å². The first kappa shape index (κ1) is 22.2. The number of aromatic nitrogens is 4. The number of rotatable bonds is 4. The van der Waals surface area contributed by atoms with E-state index in [2.05, 4.69) is 15.0 Å². The molecular formula is C25H21FN6O3. The number of piperazine rings is 1. The molecule has 5 rings (SSSR count). The maximum absolute atomic E-state index is 13.2. The molecule has 2 aromatic carbocycles. The van der Waals surface area contributed by atoms with Gasteiger partial charge in [0.2, 0.25) is 0 Å². The lowest BCUT2D eigenvalue weighted by Crippen LogP contribution is -2.50. The molecule has 0 aliphatic carbocycles. The van der Waals surface area contributed by atoms with Crippen LogP contribution in [-0.2, 0) is 0 Å².